The van der Waals surface area contributed by atoms with Crippen LogP contribution in [0.4, 0.5) is 0 Å². The van der Waals surface area contributed by atoms with Gasteiger partial charge < -0.3 is 24.1 Å². The number of carbonyl (C=O) groups excluding carboxylic acids is 1. The average Bonchev–Trinajstić information content (AvgIpc) is 3.20. The number of benzene rings is 2. The molecule has 0 atom stereocenters. The van der Waals surface area contributed by atoms with Crippen LogP contribution in [0, 0.1) is 0 Å². The van der Waals surface area contributed by atoms with Gasteiger partial charge in [0.25, 0.3) is 0 Å². The zero-order chi connectivity index (χ0) is 20.1. The smallest absolute Gasteiger partial charge is 0.342 e. The molecule has 0 saturated heterocycles. The third-order valence-electron chi connectivity index (χ3n) is 3.96. The van der Waals surface area contributed by atoms with Crippen molar-refractivity contribution >= 4 is 17.3 Å². The Morgan fingerprint density at radius 3 is 2.61 bits per heavy atom. The molecule has 2 aromatic carbocycles. The van der Waals surface area contributed by atoms with E-state index in [-0.39, 0.29) is 17.9 Å². The monoisotopic (exact) mass is 401 g/mol. The first kappa shape index (κ1) is 19.5. The molecule has 0 aliphatic heterocycles. The first-order valence-electron chi connectivity index (χ1n) is 8.27. The second-order valence-corrected chi connectivity index (χ2v) is 6.50. The Bertz CT molecular complexity index is 985. The van der Waals surface area contributed by atoms with Crippen molar-refractivity contribution in [2.75, 3.05) is 21.3 Å². The van der Waals surface area contributed by atoms with Crippen LogP contribution in [0.2, 0.25) is 0 Å². The number of esters is 1. The van der Waals surface area contributed by atoms with Gasteiger partial charge in [-0.15, -0.1) is 11.3 Å². The molecule has 146 valence electrons. The van der Waals surface area contributed by atoms with Gasteiger partial charge in [-0.05, 0) is 24.3 Å². The fourth-order valence-corrected chi connectivity index (χ4v) is 3.41. The second-order valence-electron chi connectivity index (χ2n) is 5.64. The summed E-state index contributed by atoms with van der Waals surface area (Å²) < 4.78 is 21.0. The number of hydrogen-bond acceptors (Lipinski definition) is 8. The summed E-state index contributed by atoms with van der Waals surface area (Å²) in [5, 5.41) is 12.4. The lowest BCUT2D eigenvalue weighted by Crippen LogP contribution is -2.06. The number of rotatable bonds is 7. The molecule has 3 aromatic rings. The lowest BCUT2D eigenvalue weighted by atomic mass is 10.2. The van der Waals surface area contributed by atoms with Crippen LogP contribution in [-0.2, 0) is 11.3 Å². The van der Waals surface area contributed by atoms with Gasteiger partial charge in [-0.25, -0.2) is 9.78 Å². The average molecular weight is 401 g/mol. The summed E-state index contributed by atoms with van der Waals surface area (Å²) in [6.07, 6.45) is 0. The Balaban J connectivity index is 1.73. The van der Waals surface area contributed by atoms with Crippen molar-refractivity contribution in [2.45, 2.75) is 6.61 Å². The molecule has 0 fully saturated rings. The third-order valence-corrected chi connectivity index (χ3v) is 4.89. The van der Waals surface area contributed by atoms with Crippen LogP contribution in [0.3, 0.4) is 0 Å². The standard InChI is InChI=1S/C20H19NO6S/c1-24-13-7-8-14(16(22)9-13)20(23)27-10-12-11-28-19(21-12)15-5-4-6-17(25-2)18(15)26-3/h4-9,11,22H,10H2,1-3H3. The summed E-state index contributed by atoms with van der Waals surface area (Å²) in [6.45, 7) is -0.0207. The number of ether oxygens (including phenoxy) is 4. The van der Waals surface area contributed by atoms with Gasteiger partial charge in [0.15, 0.2) is 11.5 Å². The van der Waals surface area contributed by atoms with Crippen molar-refractivity contribution in [1.29, 1.82) is 0 Å². The van der Waals surface area contributed by atoms with Crippen LogP contribution in [0.15, 0.2) is 41.8 Å². The summed E-state index contributed by atoms with van der Waals surface area (Å²) in [7, 11) is 4.62. The number of phenols is 1. The number of nitrogens with zero attached hydrogens (tertiary/aromatic N) is 1. The van der Waals surface area contributed by atoms with Crippen LogP contribution in [0.5, 0.6) is 23.0 Å². The number of phenolic OH excluding ortho intramolecular Hbond substituents is 1. The van der Waals surface area contributed by atoms with Crippen LogP contribution in [0.1, 0.15) is 16.1 Å². The highest BCUT2D eigenvalue weighted by atomic mass is 32.1. The van der Waals surface area contributed by atoms with Gasteiger partial charge in [0.05, 0.1) is 32.6 Å². The van der Waals surface area contributed by atoms with E-state index in [4.69, 9.17) is 18.9 Å². The van der Waals surface area contributed by atoms with Gasteiger partial charge in [-0.1, -0.05) is 6.07 Å². The molecule has 1 aromatic heterocycles. The zero-order valence-electron chi connectivity index (χ0n) is 15.6. The molecule has 0 amide bonds. The normalized spacial score (nSPS) is 10.4. The van der Waals surface area contributed by atoms with Crippen molar-refractivity contribution in [3.63, 3.8) is 0 Å². The molecule has 1 heterocycles. The highest BCUT2D eigenvalue weighted by Crippen LogP contribution is 2.39. The van der Waals surface area contributed by atoms with Crippen molar-refractivity contribution < 1.29 is 28.8 Å². The fourth-order valence-electron chi connectivity index (χ4n) is 2.58. The lowest BCUT2D eigenvalue weighted by Gasteiger charge is -2.10. The number of carbonyl (C=O) groups is 1. The predicted octanol–water partition coefficient (Wildman–Crippen LogP) is 3.90. The Labute approximate surface area is 166 Å². The van der Waals surface area contributed by atoms with Crippen LogP contribution in [-0.4, -0.2) is 37.4 Å². The number of hydrogen-bond donors (Lipinski definition) is 1. The molecule has 0 radical (unpaired) electrons. The quantitative estimate of drug-likeness (QED) is 0.601. The first-order chi connectivity index (χ1) is 13.6. The topological polar surface area (TPSA) is 87.1 Å². The molecule has 0 bridgehead atoms. The van der Waals surface area contributed by atoms with Gasteiger partial charge in [0.2, 0.25) is 0 Å². The van der Waals surface area contributed by atoms with E-state index in [2.05, 4.69) is 4.98 Å². The fraction of sp³-hybridized carbons (Fsp3) is 0.200. The van der Waals surface area contributed by atoms with E-state index in [1.54, 1.807) is 31.7 Å². The molecule has 7 nitrogen and oxygen atoms in total. The van der Waals surface area contributed by atoms with E-state index in [0.29, 0.717) is 28.0 Å². The predicted molar refractivity (Wildman–Crippen MR) is 104 cm³/mol. The number of para-hydroxylation sites is 1. The Morgan fingerprint density at radius 2 is 1.93 bits per heavy atom. The second kappa shape index (κ2) is 8.62. The van der Waals surface area contributed by atoms with E-state index in [1.807, 2.05) is 12.1 Å². The molecule has 0 aliphatic carbocycles. The Hall–Kier alpha value is -3.26. The van der Waals surface area contributed by atoms with Crippen molar-refractivity contribution in [3.05, 3.63) is 53.0 Å². The van der Waals surface area contributed by atoms with Gasteiger partial charge in [0.1, 0.15) is 28.7 Å². The lowest BCUT2D eigenvalue weighted by molar-refractivity contribution is 0.0465. The number of methoxy groups -OCH3 is 3. The molecular formula is C20H19NO6S. The van der Waals surface area contributed by atoms with Crippen molar-refractivity contribution in [1.82, 2.24) is 4.98 Å². The van der Waals surface area contributed by atoms with Crippen LogP contribution in [0.25, 0.3) is 10.6 Å². The molecule has 0 unspecified atom stereocenters. The Kier molecular flexibility index (Phi) is 6.00. The molecular weight excluding hydrogens is 382 g/mol. The molecule has 0 saturated carbocycles. The summed E-state index contributed by atoms with van der Waals surface area (Å²) in [6, 6.07) is 9.92. The number of aromatic nitrogens is 1. The number of aromatic hydroxyl groups is 1. The summed E-state index contributed by atoms with van der Waals surface area (Å²) in [5.74, 6) is 0.799. The van der Waals surface area contributed by atoms with E-state index in [0.717, 1.165) is 5.56 Å². The maximum absolute atomic E-state index is 12.2. The maximum atomic E-state index is 12.2. The summed E-state index contributed by atoms with van der Waals surface area (Å²) >= 11 is 1.40. The molecule has 0 spiro atoms. The molecule has 3 rings (SSSR count). The number of thiazole rings is 1. The van der Waals surface area contributed by atoms with E-state index < -0.39 is 5.97 Å². The van der Waals surface area contributed by atoms with E-state index >= 15 is 0 Å². The molecule has 28 heavy (non-hydrogen) atoms. The van der Waals surface area contributed by atoms with Gasteiger partial charge >= 0.3 is 5.97 Å². The highest BCUT2D eigenvalue weighted by Gasteiger charge is 2.17. The van der Waals surface area contributed by atoms with Crippen molar-refractivity contribution in [3.8, 4) is 33.6 Å². The summed E-state index contributed by atoms with van der Waals surface area (Å²) in [4.78, 5) is 16.7. The SMILES string of the molecule is COc1ccc(C(=O)OCc2csc(-c3cccc(OC)c3OC)n2)c(O)c1. The highest BCUT2D eigenvalue weighted by molar-refractivity contribution is 7.13. The molecule has 0 aliphatic rings. The van der Waals surface area contributed by atoms with Gasteiger partial charge in [-0.2, -0.15) is 0 Å². The van der Waals surface area contributed by atoms with Crippen LogP contribution < -0.4 is 14.2 Å². The summed E-state index contributed by atoms with van der Waals surface area (Å²) in [5.41, 5.74) is 1.44. The van der Waals surface area contributed by atoms with Crippen molar-refractivity contribution in [2.24, 2.45) is 0 Å². The van der Waals surface area contributed by atoms with Gasteiger partial charge in [-0.3, -0.25) is 0 Å². The van der Waals surface area contributed by atoms with E-state index in [9.17, 15) is 9.90 Å². The van der Waals surface area contributed by atoms with E-state index in [1.165, 1.54) is 30.6 Å². The zero-order valence-corrected chi connectivity index (χ0v) is 16.4. The van der Waals surface area contributed by atoms with Gasteiger partial charge in [0, 0.05) is 11.4 Å². The maximum Gasteiger partial charge on any atom is 0.342 e. The molecule has 8 heteroatoms. The third kappa shape index (κ3) is 4.01. The molecule has 1 N–H and O–H groups in total. The minimum absolute atomic E-state index is 0.0207. The van der Waals surface area contributed by atoms with Crippen LogP contribution >= 0.6 is 11.3 Å². The largest absolute Gasteiger partial charge is 0.507 e. The first-order valence-corrected chi connectivity index (χ1v) is 9.15. The Morgan fingerprint density at radius 1 is 1.11 bits per heavy atom. The minimum atomic E-state index is -0.645. The minimum Gasteiger partial charge on any atom is -0.507 e.